The van der Waals surface area contributed by atoms with Crippen molar-refractivity contribution in [2.75, 3.05) is 0 Å². The van der Waals surface area contributed by atoms with Crippen molar-refractivity contribution < 1.29 is 14.6 Å². The van der Waals surface area contributed by atoms with E-state index in [2.05, 4.69) is 20.8 Å². The monoisotopic (exact) mass is 413 g/mol. The minimum atomic E-state index is -0.994. The molecule has 0 spiro atoms. The van der Waals surface area contributed by atoms with Crippen LogP contribution in [0.5, 0.6) is 5.75 Å². The lowest BCUT2D eigenvalue weighted by atomic mass is 9.86. The maximum atomic E-state index is 13.3. The van der Waals surface area contributed by atoms with E-state index >= 15 is 0 Å². The number of hydrogen-bond donors (Lipinski definition) is 1. The normalized spacial score (nSPS) is 14.9. The van der Waals surface area contributed by atoms with Crippen LogP contribution < -0.4 is 10.2 Å². The fourth-order valence-corrected chi connectivity index (χ4v) is 3.94. The van der Waals surface area contributed by atoms with Crippen LogP contribution in [0.1, 0.15) is 45.6 Å². The van der Waals surface area contributed by atoms with Crippen molar-refractivity contribution in [3.63, 3.8) is 0 Å². The summed E-state index contributed by atoms with van der Waals surface area (Å²) in [7, 11) is 0. The van der Waals surface area contributed by atoms with Gasteiger partial charge in [-0.05, 0) is 54.5 Å². The van der Waals surface area contributed by atoms with Crippen molar-refractivity contribution in [1.82, 2.24) is 4.57 Å². The summed E-state index contributed by atoms with van der Waals surface area (Å²) in [4.78, 5) is 25.0. The molecule has 1 aliphatic carbocycles. The number of rotatable bonds is 4. The topological polar surface area (TPSA) is 68.5 Å². The Kier molecular flexibility index (Phi) is 4.82. The van der Waals surface area contributed by atoms with Gasteiger partial charge in [0.05, 0.1) is 27.5 Å². The average molecular weight is 414 g/mol. The molecule has 4 rings (SSSR count). The summed E-state index contributed by atoms with van der Waals surface area (Å²) in [5.41, 5.74) is 1.76. The average Bonchev–Trinajstić information content (AvgIpc) is 2.61. The Morgan fingerprint density at radius 2 is 1.90 bits per heavy atom. The van der Waals surface area contributed by atoms with Gasteiger partial charge in [-0.1, -0.05) is 38.4 Å². The van der Waals surface area contributed by atoms with E-state index in [1.807, 2.05) is 12.1 Å². The predicted molar refractivity (Wildman–Crippen MR) is 115 cm³/mol. The Hall–Kier alpha value is -2.53. The SMILES string of the molecule is CC(C)(C)c1ccc2c(=O)c3ccc(Cl)c(OC4CCC4)c3n(CC(=O)O)c2c1. The zero-order valence-corrected chi connectivity index (χ0v) is 17.5. The van der Waals surface area contributed by atoms with Crippen LogP contribution in [0.2, 0.25) is 5.02 Å². The summed E-state index contributed by atoms with van der Waals surface area (Å²) < 4.78 is 7.79. The first kappa shape index (κ1) is 19.8. The molecular formula is C23H24ClNO4. The van der Waals surface area contributed by atoms with E-state index in [1.165, 1.54) is 0 Å². The molecule has 1 saturated carbocycles. The molecule has 5 nitrogen and oxygen atoms in total. The highest BCUT2D eigenvalue weighted by atomic mass is 35.5. The number of aromatic nitrogens is 1. The third-order valence-electron chi connectivity index (χ3n) is 5.63. The number of carboxylic acid groups (broad SMARTS) is 1. The van der Waals surface area contributed by atoms with Gasteiger partial charge in [-0.2, -0.15) is 0 Å². The Bertz CT molecular complexity index is 1190. The lowest BCUT2D eigenvalue weighted by molar-refractivity contribution is -0.137. The predicted octanol–water partition coefficient (Wildman–Crippen LogP) is 5.12. The van der Waals surface area contributed by atoms with E-state index < -0.39 is 5.97 Å². The standard InChI is InChI=1S/C23H24ClNO4/c1-23(2,3)13-7-8-15-18(11-13)25(12-19(26)27)20-16(21(15)28)9-10-17(24)22(20)29-14-5-4-6-14/h7-11,14H,4-6,12H2,1-3H3,(H,26,27). The number of hydrogen-bond acceptors (Lipinski definition) is 3. The Labute approximate surface area is 173 Å². The molecule has 0 radical (unpaired) electrons. The number of carbonyl (C=O) groups is 1. The summed E-state index contributed by atoms with van der Waals surface area (Å²) in [6.45, 7) is 5.95. The van der Waals surface area contributed by atoms with E-state index in [4.69, 9.17) is 16.3 Å². The maximum Gasteiger partial charge on any atom is 0.323 e. The first-order valence-electron chi connectivity index (χ1n) is 9.84. The van der Waals surface area contributed by atoms with Gasteiger partial charge in [0.2, 0.25) is 0 Å². The van der Waals surface area contributed by atoms with Crippen LogP contribution in [0.4, 0.5) is 0 Å². The fraction of sp³-hybridized carbons (Fsp3) is 0.391. The van der Waals surface area contributed by atoms with E-state index in [-0.39, 0.29) is 23.5 Å². The van der Waals surface area contributed by atoms with Crippen LogP contribution in [0.25, 0.3) is 21.8 Å². The maximum absolute atomic E-state index is 13.3. The third-order valence-corrected chi connectivity index (χ3v) is 5.92. The Balaban J connectivity index is 2.13. The molecule has 0 amide bonds. The summed E-state index contributed by atoms with van der Waals surface area (Å²) in [5.74, 6) is -0.595. The van der Waals surface area contributed by atoms with Gasteiger partial charge in [0.1, 0.15) is 6.54 Å². The largest absolute Gasteiger partial charge is 0.487 e. The number of halogens is 1. The first-order valence-corrected chi connectivity index (χ1v) is 10.2. The molecule has 0 saturated heterocycles. The molecule has 3 aromatic rings. The number of ether oxygens (including phenoxy) is 1. The van der Waals surface area contributed by atoms with Crippen LogP contribution in [0, 0.1) is 0 Å². The van der Waals surface area contributed by atoms with Gasteiger partial charge in [0.15, 0.2) is 11.2 Å². The number of nitrogens with zero attached hydrogens (tertiary/aromatic N) is 1. The molecule has 2 aromatic carbocycles. The second-order valence-electron chi connectivity index (χ2n) is 8.73. The summed E-state index contributed by atoms with van der Waals surface area (Å²) in [5, 5.41) is 10.9. The first-order chi connectivity index (χ1) is 13.7. The lowest BCUT2D eigenvalue weighted by Gasteiger charge is -2.28. The minimum absolute atomic E-state index is 0.0445. The molecule has 6 heteroatoms. The van der Waals surface area contributed by atoms with Gasteiger partial charge in [-0.25, -0.2) is 0 Å². The molecular weight excluding hydrogens is 390 g/mol. The third kappa shape index (κ3) is 3.48. The number of carboxylic acids is 1. The van der Waals surface area contributed by atoms with Crippen molar-refractivity contribution in [2.24, 2.45) is 0 Å². The summed E-state index contributed by atoms with van der Waals surface area (Å²) in [6.07, 6.45) is 2.99. The molecule has 29 heavy (non-hydrogen) atoms. The van der Waals surface area contributed by atoms with Gasteiger partial charge in [-0.15, -0.1) is 0 Å². The second kappa shape index (κ2) is 7.06. The molecule has 0 bridgehead atoms. The smallest absolute Gasteiger partial charge is 0.323 e. The Morgan fingerprint density at radius 1 is 1.21 bits per heavy atom. The van der Waals surface area contributed by atoms with Gasteiger partial charge < -0.3 is 14.4 Å². The van der Waals surface area contributed by atoms with Crippen LogP contribution in [-0.4, -0.2) is 21.7 Å². The summed E-state index contributed by atoms with van der Waals surface area (Å²) >= 11 is 6.46. The van der Waals surface area contributed by atoms with E-state index in [0.717, 1.165) is 24.8 Å². The fourth-order valence-electron chi connectivity index (χ4n) is 3.74. The zero-order valence-electron chi connectivity index (χ0n) is 16.8. The van der Waals surface area contributed by atoms with Crippen LogP contribution >= 0.6 is 11.6 Å². The zero-order chi connectivity index (χ0) is 20.9. The van der Waals surface area contributed by atoms with Crippen molar-refractivity contribution in [1.29, 1.82) is 0 Å². The molecule has 1 heterocycles. The molecule has 0 unspecified atom stereocenters. The minimum Gasteiger partial charge on any atom is -0.487 e. The highest BCUT2D eigenvalue weighted by Crippen LogP contribution is 2.38. The molecule has 0 aliphatic heterocycles. The Morgan fingerprint density at radius 3 is 2.48 bits per heavy atom. The van der Waals surface area contributed by atoms with E-state index in [0.29, 0.717) is 32.6 Å². The number of benzene rings is 2. The molecule has 0 atom stereocenters. The second-order valence-corrected chi connectivity index (χ2v) is 9.14. The molecule has 1 fully saturated rings. The van der Waals surface area contributed by atoms with Gasteiger partial charge in [0, 0.05) is 5.39 Å². The number of aliphatic carboxylic acids is 1. The van der Waals surface area contributed by atoms with E-state index in [9.17, 15) is 14.7 Å². The lowest BCUT2D eigenvalue weighted by Crippen LogP contribution is -2.26. The van der Waals surface area contributed by atoms with Crippen molar-refractivity contribution in [3.05, 3.63) is 51.1 Å². The van der Waals surface area contributed by atoms with E-state index in [1.54, 1.807) is 22.8 Å². The van der Waals surface area contributed by atoms with Crippen LogP contribution in [0.15, 0.2) is 35.1 Å². The summed E-state index contributed by atoms with van der Waals surface area (Å²) in [6, 6.07) is 8.94. The van der Waals surface area contributed by atoms with Crippen LogP contribution in [-0.2, 0) is 16.8 Å². The van der Waals surface area contributed by atoms with Gasteiger partial charge in [0.25, 0.3) is 0 Å². The molecule has 1 N–H and O–H groups in total. The van der Waals surface area contributed by atoms with Crippen LogP contribution in [0.3, 0.4) is 0 Å². The highest BCUT2D eigenvalue weighted by Gasteiger charge is 2.25. The molecule has 1 aliphatic rings. The number of fused-ring (bicyclic) bond motifs is 2. The molecule has 1 aromatic heterocycles. The quantitative estimate of drug-likeness (QED) is 0.602. The van der Waals surface area contributed by atoms with Crippen molar-refractivity contribution >= 4 is 39.4 Å². The van der Waals surface area contributed by atoms with Crippen molar-refractivity contribution in [2.45, 2.75) is 58.1 Å². The number of pyridine rings is 1. The van der Waals surface area contributed by atoms with Crippen molar-refractivity contribution in [3.8, 4) is 5.75 Å². The van der Waals surface area contributed by atoms with Gasteiger partial charge in [-0.3, -0.25) is 9.59 Å². The molecule has 152 valence electrons. The highest BCUT2D eigenvalue weighted by molar-refractivity contribution is 6.33. The van der Waals surface area contributed by atoms with Gasteiger partial charge >= 0.3 is 5.97 Å².